The Morgan fingerprint density at radius 1 is 1.14 bits per heavy atom. The number of sulfonamides is 1. The van der Waals surface area contributed by atoms with Crippen LogP contribution in [-0.4, -0.2) is 15.5 Å². The van der Waals surface area contributed by atoms with E-state index in [1.807, 2.05) is 6.92 Å². The minimum atomic E-state index is -3.75. The van der Waals surface area contributed by atoms with Crippen LogP contribution in [0.2, 0.25) is 0 Å². The minimum absolute atomic E-state index is 0.0870. The highest BCUT2D eigenvalue weighted by Gasteiger charge is 2.22. The standard InChI is InChI=1S/C16H18FNO3S/c1-11-4-9-15(21-3)16(10-11)22(19,20)18-12(2)13-5-7-14(17)8-6-13/h4-10,12,18H,1-3H3. The molecule has 0 aliphatic heterocycles. The van der Waals surface area contributed by atoms with Crippen molar-refractivity contribution in [3.05, 3.63) is 59.4 Å². The molecule has 2 aromatic rings. The van der Waals surface area contributed by atoms with Gasteiger partial charge in [0.25, 0.3) is 0 Å². The third kappa shape index (κ3) is 3.64. The van der Waals surface area contributed by atoms with Gasteiger partial charge >= 0.3 is 0 Å². The number of benzene rings is 2. The molecule has 6 heteroatoms. The Bertz CT molecular complexity index is 757. The number of methoxy groups -OCH3 is 1. The minimum Gasteiger partial charge on any atom is -0.495 e. The maximum Gasteiger partial charge on any atom is 0.244 e. The van der Waals surface area contributed by atoms with Crippen molar-refractivity contribution in [2.24, 2.45) is 0 Å². The quantitative estimate of drug-likeness (QED) is 0.919. The van der Waals surface area contributed by atoms with Crippen LogP contribution in [0.4, 0.5) is 4.39 Å². The van der Waals surface area contributed by atoms with Gasteiger partial charge < -0.3 is 4.74 Å². The third-order valence-corrected chi connectivity index (χ3v) is 4.87. The summed E-state index contributed by atoms with van der Waals surface area (Å²) >= 11 is 0. The molecule has 2 aromatic carbocycles. The largest absolute Gasteiger partial charge is 0.495 e. The van der Waals surface area contributed by atoms with Crippen molar-refractivity contribution < 1.29 is 17.5 Å². The molecule has 1 unspecified atom stereocenters. The normalized spacial score (nSPS) is 12.9. The Balaban J connectivity index is 2.31. The van der Waals surface area contributed by atoms with Gasteiger partial charge in [0.2, 0.25) is 10.0 Å². The van der Waals surface area contributed by atoms with Crippen molar-refractivity contribution in [3.63, 3.8) is 0 Å². The van der Waals surface area contributed by atoms with Crippen LogP contribution >= 0.6 is 0 Å². The van der Waals surface area contributed by atoms with Gasteiger partial charge in [0.15, 0.2) is 0 Å². The lowest BCUT2D eigenvalue weighted by atomic mass is 10.1. The predicted octanol–water partition coefficient (Wildman–Crippen LogP) is 3.18. The maximum atomic E-state index is 12.9. The van der Waals surface area contributed by atoms with E-state index in [2.05, 4.69) is 4.72 Å². The average molecular weight is 323 g/mol. The van der Waals surface area contributed by atoms with E-state index in [1.54, 1.807) is 37.3 Å². The Hall–Kier alpha value is -1.92. The second kappa shape index (κ2) is 6.46. The van der Waals surface area contributed by atoms with Crippen molar-refractivity contribution in [2.75, 3.05) is 7.11 Å². The van der Waals surface area contributed by atoms with Crippen LogP contribution in [0.25, 0.3) is 0 Å². The molecule has 0 saturated heterocycles. The molecule has 0 aromatic heterocycles. The number of ether oxygens (including phenoxy) is 1. The summed E-state index contributed by atoms with van der Waals surface area (Å²) in [5, 5.41) is 0. The van der Waals surface area contributed by atoms with E-state index in [1.165, 1.54) is 19.2 Å². The molecule has 0 bridgehead atoms. The van der Waals surface area contributed by atoms with Crippen molar-refractivity contribution in [2.45, 2.75) is 24.8 Å². The van der Waals surface area contributed by atoms with Gasteiger partial charge in [-0.3, -0.25) is 0 Å². The zero-order chi connectivity index (χ0) is 16.3. The smallest absolute Gasteiger partial charge is 0.244 e. The molecule has 0 radical (unpaired) electrons. The number of hydrogen-bond acceptors (Lipinski definition) is 3. The number of rotatable bonds is 5. The topological polar surface area (TPSA) is 55.4 Å². The van der Waals surface area contributed by atoms with Gasteiger partial charge in [0, 0.05) is 6.04 Å². The Kier molecular flexibility index (Phi) is 4.83. The molecule has 0 aliphatic carbocycles. The molecular weight excluding hydrogens is 305 g/mol. The maximum absolute atomic E-state index is 12.9. The number of hydrogen-bond donors (Lipinski definition) is 1. The fraction of sp³-hybridized carbons (Fsp3) is 0.250. The van der Waals surface area contributed by atoms with Gasteiger partial charge in [-0.15, -0.1) is 0 Å². The van der Waals surface area contributed by atoms with E-state index in [0.29, 0.717) is 5.56 Å². The van der Waals surface area contributed by atoms with E-state index in [0.717, 1.165) is 5.56 Å². The SMILES string of the molecule is COc1ccc(C)cc1S(=O)(=O)NC(C)c1ccc(F)cc1. The highest BCUT2D eigenvalue weighted by atomic mass is 32.2. The monoisotopic (exact) mass is 323 g/mol. The number of nitrogens with one attached hydrogen (secondary N) is 1. The summed E-state index contributed by atoms with van der Waals surface area (Å²) in [5.41, 5.74) is 1.49. The molecule has 0 heterocycles. The highest BCUT2D eigenvalue weighted by Crippen LogP contribution is 2.26. The molecule has 0 saturated carbocycles. The summed E-state index contributed by atoms with van der Waals surface area (Å²) in [6.07, 6.45) is 0. The fourth-order valence-corrected chi connectivity index (χ4v) is 3.60. The van der Waals surface area contributed by atoms with Crippen LogP contribution in [0.3, 0.4) is 0 Å². The van der Waals surface area contributed by atoms with E-state index < -0.39 is 16.1 Å². The predicted molar refractivity (Wildman–Crippen MR) is 82.9 cm³/mol. The van der Waals surface area contributed by atoms with Gasteiger partial charge in [-0.2, -0.15) is 0 Å². The van der Waals surface area contributed by atoms with Crippen molar-refractivity contribution >= 4 is 10.0 Å². The van der Waals surface area contributed by atoms with Crippen LogP contribution in [-0.2, 0) is 10.0 Å². The Labute approximate surface area is 130 Å². The lowest BCUT2D eigenvalue weighted by molar-refractivity contribution is 0.402. The van der Waals surface area contributed by atoms with Crippen molar-refractivity contribution in [3.8, 4) is 5.75 Å². The van der Waals surface area contributed by atoms with Crippen LogP contribution in [0.5, 0.6) is 5.75 Å². The summed E-state index contributed by atoms with van der Waals surface area (Å²) in [5.74, 6) is -0.0800. The highest BCUT2D eigenvalue weighted by molar-refractivity contribution is 7.89. The van der Waals surface area contributed by atoms with Crippen molar-refractivity contribution in [1.82, 2.24) is 4.72 Å². The summed E-state index contributed by atoms with van der Waals surface area (Å²) < 4.78 is 45.7. The lowest BCUT2D eigenvalue weighted by Crippen LogP contribution is -2.27. The van der Waals surface area contributed by atoms with E-state index in [4.69, 9.17) is 4.74 Å². The molecular formula is C16H18FNO3S. The summed E-state index contributed by atoms with van der Waals surface area (Å²) in [4.78, 5) is 0.0870. The van der Waals surface area contributed by atoms with Gasteiger partial charge in [-0.1, -0.05) is 18.2 Å². The third-order valence-electron chi connectivity index (χ3n) is 3.31. The molecule has 0 amide bonds. The first kappa shape index (κ1) is 16.5. The van der Waals surface area contributed by atoms with E-state index in [9.17, 15) is 12.8 Å². The summed E-state index contributed by atoms with van der Waals surface area (Å²) in [7, 11) is -2.33. The first-order valence-corrected chi connectivity index (χ1v) is 8.24. The Morgan fingerprint density at radius 3 is 2.36 bits per heavy atom. The second-order valence-electron chi connectivity index (χ2n) is 5.05. The van der Waals surface area contributed by atoms with Gasteiger partial charge in [-0.25, -0.2) is 17.5 Å². The second-order valence-corrected chi connectivity index (χ2v) is 6.73. The molecule has 118 valence electrons. The molecule has 1 atom stereocenters. The van der Waals surface area contributed by atoms with Crippen LogP contribution in [0, 0.1) is 12.7 Å². The van der Waals surface area contributed by atoms with Crippen LogP contribution in [0.15, 0.2) is 47.4 Å². The summed E-state index contributed by atoms with van der Waals surface area (Å²) in [6.45, 7) is 3.51. The average Bonchev–Trinajstić information content (AvgIpc) is 2.47. The van der Waals surface area contributed by atoms with E-state index >= 15 is 0 Å². The van der Waals surface area contributed by atoms with Gasteiger partial charge in [0.05, 0.1) is 7.11 Å². The van der Waals surface area contributed by atoms with Crippen LogP contribution < -0.4 is 9.46 Å². The fourth-order valence-electron chi connectivity index (χ4n) is 2.11. The number of aryl methyl sites for hydroxylation is 1. The molecule has 4 nitrogen and oxygen atoms in total. The lowest BCUT2D eigenvalue weighted by Gasteiger charge is -2.16. The first-order valence-electron chi connectivity index (χ1n) is 6.76. The first-order chi connectivity index (χ1) is 10.3. The van der Waals surface area contributed by atoms with Crippen LogP contribution in [0.1, 0.15) is 24.1 Å². The molecule has 2 rings (SSSR count). The molecule has 0 spiro atoms. The number of halogens is 1. The molecule has 1 N–H and O–H groups in total. The van der Waals surface area contributed by atoms with Gasteiger partial charge in [0.1, 0.15) is 16.5 Å². The molecule has 0 fully saturated rings. The molecule has 0 aliphatic rings. The van der Waals surface area contributed by atoms with Crippen molar-refractivity contribution in [1.29, 1.82) is 0 Å². The van der Waals surface area contributed by atoms with E-state index in [-0.39, 0.29) is 16.5 Å². The Morgan fingerprint density at radius 2 is 1.77 bits per heavy atom. The summed E-state index contributed by atoms with van der Waals surface area (Å²) in [6, 6.07) is 10.2. The van der Waals surface area contributed by atoms with Gasteiger partial charge in [-0.05, 0) is 49.2 Å². The zero-order valence-electron chi connectivity index (χ0n) is 12.6. The zero-order valence-corrected chi connectivity index (χ0v) is 13.4. The molecule has 22 heavy (non-hydrogen) atoms.